The Kier molecular flexibility index (Phi) is 4.59. The lowest BCUT2D eigenvalue weighted by Crippen LogP contribution is -2.37. The molecule has 1 aliphatic heterocycles. The van der Waals surface area contributed by atoms with Crippen LogP contribution in [0.3, 0.4) is 0 Å². The SMILES string of the molecule is CNc1ccc(CN2CCOC(c3ccco3)C2)cc1[N+](=O)[O-]. The second-order valence-corrected chi connectivity index (χ2v) is 5.47. The van der Waals surface area contributed by atoms with E-state index in [0.29, 0.717) is 25.4 Å². The molecule has 1 fully saturated rings. The number of nitro benzene ring substituents is 1. The van der Waals surface area contributed by atoms with E-state index >= 15 is 0 Å². The molecule has 1 saturated heterocycles. The molecule has 3 rings (SSSR count). The van der Waals surface area contributed by atoms with Crippen LogP contribution in [0.2, 0.25) is 0 Å². The smallest absolute Gasteiger partial charge is 0.292 e. The Bertz CT molecular complexity index is 672. The van der Waals surface area contributed by atoms with Gasteiger partial charge in [0.25, 0.3) is 5.69 Å². The van der Waals surface area contributed by atoms with Crippen LogP contribution in [-0.2, 0) is 11.3 Å². The number of hydrogen-bond acceptors (Lipinski definition) is 6. The third-order valence-corrected chi connectivity index (χ3v) is 3.95. The number of furan rings is 1. The van der Waals surface area contributed by atoms with E-state index in [1.165, 1.54) is 0 Å². The Morgan fingerprint density at radius 1 is 1.43 bits per heavy atom. The second-order valence-electron chi connectivity index (χ2n) is 5.47. The number of ether oxygens (including phenoxy) is 1. The maximum atomic E-state index is 11.2. The first-order valence-electron chi connectivity index (χ1n) is 7.50. The maximum Gasteiger partial charge on any atom is 0.292 e. The molecule has 1 unspecified atom stereocenters. The normalized spacial score (nSPS) is 18.7. The first kappa shape index (κ1) is 15.5. The number of morpholine rings is 1. The molecule has 1 atom stereocenters. The van der Waals surface area contributed by atoms with Gasteiger partial charge in [0.15, 0.2) is 0 Å². The van der Waals surface area contributed by atoms with E-state index < -0.39 is 0 Å². The molecule has 0 spiro atoms. The van der Waals surface area contributed by atoms with Crippen LogP contribution in [0.15, 0.2) is 41.0 Å². The quantitative estimate of drug-likeness (QED) is 0.674. The van der Waals surface area contributed by atoms with Gasteiger partial charge in [-0.3, -0.25) is 15.0 Å². The van der Waals surface area contributed by atoms with Gasteiger partial charge < -0.3 is 14.5 Å². The van der Waals surface area contributed by atoms with Crippen LogP contribution in [0.5, 0.6) is 0 Å². The topological polar surface area (TPSA) is 80.8 Å². The molecular formula is C16H19N3O4. The first-order valence-corrected chi connectivity index (χ1v) is 7.50. The summed E-state index contributed by atoms with van der Waals surface area (Å²) in [6, 6.07) is 9.04. The predicted octanol–water partition coefficient (Wildman–Crippen LogP) is 2.80. The van der Waals surface area contributed by atoms with E-state index in [1.54, 1.807) is 25.4 Å². The molecule has 0 radical (unpaired) electrons. The minimum absolute atomic E-state index is 0.0923. The van der Waals surface area contributed by atoms with Gasteiger partial charge in [0.2, 0.25) is 0 Å². The molecule has 7 heteroatoms. The Morgan fingerprint density at radius 3 is 3.00 bits per heavy atom. The van der Waals surface area contributed by atoms with Crippen LogP contribution in [0.4, 0.5) is 11.4 Å². The molecule has 23 heavy (non-hydrogen) atoms. The van der Waals surface area contributed by atoms with E-state index in [2.05, 4.69) is 10.2 Å². The molecule has 2 aromatic rings. The predicted molar refractivity (Wildman–Crippen MR) is 85.3 cm³/mol. The van der Waals surface area contributed by atoms with Crippen LogP contribution in [0.25, 0.3) is 0 Å². The molecule has 0 aliphatic carbocycles. The van der Waals surface area contributed by atoms with Crippen molar-refractivity contribution in [3.8, 4) is 0 Å². The first-order chi connectivity index (χ1) is 11.2. The zero-order valence-electron chi connectivity index (χ0n) is 12.9. The summed E-state index contributed by atoms with van der Waals surface area (Å²) in [5.41, 5.74) is 1.53. The average molecular weight is 317 g/mol. The summed E-state index contributed by atoms with van der Waals surface area (Å²) in [5, 5.41) is 14.0. The van der Waals surface area contributed by atoms with Crippen LogP contribution in [-0.4, -0.2) is 36.6 Å². The van der Waals surface area contributed by atoms with E-state index in [1.807, 2.05) is 18.2 Å². The lowest BCUT2D eigenvalue weighted by atomic mass is 10.1. The molecule has 0 saturated carbocycles. The summed E-state index contributed by atoms with van der Waals surface area (Å²) in [4.78, 5) is 13.0. The van der Waals surface area contributed by atoms with Gasteiger partial charge in [-0.25, -0.2) is 0 Å². The van der Waals surface area contributed by atoms with Crippen molar-refractivity contribution in [3.05, 3.63) is 58.0 Å². The van der Waals surface area contributed by atoms with Crippen molar-refractivity contribution in [2.45, 2.75) is 12.6 Å². The van der Waals surface area contributed by atoms with Gasteiger partial charge in [0.1, 0.15) is 17.6 Å². The zero-order chi connectivity index (χ0) is 16.2. The monoisotopic (exact) mass is 317 g/mol. The second kappa shape index (κ2) is 6.80. The highest BCUT2D eigenvalue weighted by Crippen LogP contribution is 2.27. The fraction of sp³-hybridized carbons (Fsp3) is 0.375. The minimum atomic E-state index is -0.361. The summed E-state index contributed by atoms with van der Waals surface area (Å²) in [6.45, 7) is 2.75. The van der Waals surface area contributed by atoms with Crippen molar-refractivity contribution >= 4 is 11.4 Å². The molecule has 1 aromatic carbocycles. The van der Waals surface area contributed by atoms with E-state index in [0.717, 1.165) is 17.9 Å². The van der Waals surface area contributed by atoms with Crippen molar-refractivity contribution < 1.29 is 14.1 Å². The van der Waals surface area contributed by atoms with Gasteiger partial charge in [0, 0.05) is 32.7 Å². The number of hydrogen-bond donors (Lipinski definition) is 1. The number of anilines is 1. The van der Waals surface area contributed by atoms with Crippen LogP contribution < -0.4 is 5.32 Å². The summed E-state index contributed by atoms with van der Waals surface area (Å²) < 4.78 is 11.1. The van der Waals surface area contributed by atoms with Gasteiger partial charge in [-0.05, 0) is 23.8 Å². The molecule has 0 amide bonds. The maximum absolute atomic E-state index is 11.2. The highest BCUT2D eigenvalue weighted by molar-refractivity contribution is 5.62. The van der Waals surface area contributed by atoms with Crippen molar-refractivity contribution in [3.63, 3.8) is 0 Å². The summed E-state index contributed by atoms with van der Waals surface area (Å²) in [6.07, 6.45) is 1.54. The van der Waals surface area contributed by atoms with Gasteiger partial charge >= 0.3 is 0 Å². The van der Waals surface area contributed by atoms with Crippen molar-refractivity contribution in [2.24, 2.45) is 0 Å². The van der Waals surface area contributed by atoms with Gasteiger partial charge in [-0.2, -0.15) is 0 Å². The molecule has 1 aliphatic rings. The van der Waals surface area contributed by atoms with E-state index in [4.69, 9.17) is 9.15 Å². The highest BCUT2D eigenvalue weighted by Gasteiger charge is 2.24. The lowest BCUT2D eigenvalue weighted by molar-refractivity contribution is -0.384. The lowest BCUT2D eigenvalue weighted by Gasteiger charge is -2.31. The number of rotatable bonds is 5. The Labute approximate surface area is 134 Å². The third kappa shape index (κ3) is 3.52. The highest BCUT2D eigenvalue weighted by atomic mass is 16.6. The van der Waals surface area contributed by atoms with Gasteiger partial charge in [0.05, 0.1) is 17.8 Å². The molecule has 1 aromatic heterocycles. The standard InChI is InChI=1S/C16H19N3O4/c1-17-13-5-4-12(9-14(13)19(20)21)10-18-6-8-23-16(11-18)15-3-2-7-22-15/h2-5,7,9,16-17H,6,8,10-11H2,1H3. The van der Waals surface area contributed by atoms with Crippen LogP contribution in [0, 0.1) is 10.1 Å². The molecular weight excluding hydrogens is 298 g/mol. The number of nitro groups is 1. The van der Waals surface area contributed by atoms with Gasteiger partial charge in [-0.15, -0.1) is 0 Å². The number of benzene rings is 1. The van der Waals surface area contributed by atoms with Gasteiger partial charge in [-0.1, -0.05) is 6.07 Å². The molecule has 122 valence electrons. The Balaban J connectivity index is 1.71. The fourth-order valence-corrected chi connectivity index (χ4v) is 2.79. The number of nitrogens with zero attached hydrogens (tertiary/aromatic N) is 2. The Morgan fingerprint density at radius 2 is 2.30 bits per heavy atom. The minimum Gasteiger partial charge on any atom is -0.467 e. The van der Waals surface area contributed by atoms with Crippen molar-refractivity contribution in [2.75, 3.05) is 32.1 Å². The Hall–Kier alpha value is -2.38. The number of nitrogens with one attached hydrogen (secondary N) is 1. The van der Waals surface area contributed by atoms with Crippen LogP contribution >= 0.6 is 0 Å². The molecule has 1 N–H and O–H groups in total. The summed E-state index contributed by atoms with van der Waals surface area (Å²) >= 11 is 0. The summed E-state index contributed by atoms with van der Waals surface area (Å²) in [7, 11) is 1.68. The van der Waals surface area contributed by atoms with Crippen LogP contribution in [0.1, 0.15) is 17.4 Å². The molecule has 7 nitrogen and oxygen atoms in total. The molecule has 0 bridgehead atoms. The van der Waals surface area contributed by atoms with E-state index in [9.17, 15) is 10.1 Å². The van der Waals surface area contributed by atoms with Crippen molar-refractivity contribution in [1.29, 1.82) is 0 Å². The van der Waals surface area contributed by atoms with E-state index in [-0.39, 0.29) is 16.7 Å². The molecule has 2 heterocycles. The summed E-state index contributed by atoms with van der Waals surface area (Å²) in [5.74, 6) is 0.811. The fourth-order valence-electron chi connectivity index (χ4n) is 2.79. The zero-order valence-corrected chi connectivity index (χ0v) is 12.9. The van der Waals surface area contributed by atoms with Crippen molar-refractivity contribution in [1.82, 2.24) is 4.90 Å². The largest absolute Gasteiger partial charge is 0.467 e. The average Bonchev–Trinajstić information content (AvgIpc) is 3.09. The third-order valence-electron chi connectivity index (χ3n) is 3.95.